The van der Waals surface area contributed by atoms with E-state index in [1.807, 2.05) is 36.5 Å². The van der Waals surface area contributed by atoms with E-state index in [9.17, 15) is 0 Å². The van der Waals surface area contributed by atoms with Crippen LogP contribution >= 0.6 is 12.2 Å². The van der Waals surface area contributed by atoms with Crippen LogP contribution in [-0.4, -0.2) is 21.8 Å². The summed E-state index contributed by atoms with van der Waals surface area (Å²) < 4.78 is 8.11. The van der Waals surface area contributed by atoms with E-state index in [1.54, 1.807) is 7.11 Å². The first-order valence-electron chi connectivity index (χ1n) is 12.0. The van der Waals surface area contributed by atoms with E-state index < -0.39 is 0 Å². The van der Waals surface area contributed by atoms with Crippen LogP contribution in [0.15, 0.2) is 79.0 Å². The number of para-hydroxylation sites is 3. The summed E-state index contributed by atoms with van der Waals surface area (Å²) in [5.41, 5.74) is 8.04. The first kappa shape index (κ1) is 23.1. The van der Waals surface area contributed by atoms with Crippen molar-refractivity contribution in [1.82, 2.24) is 14.9 Å². The molecule has 1 N–H and O–H groups in total. The molecular formula is C29H30N4OS. The molecule has 0 saturated carbocycles. The second kappa shape index (κ2) is 9.55. The number of nitrogens with zero attached hydrogens (tertiary/aromatic N) is 3. The number of aryl methyl sites for hydroxylation is 2. The predicted octanol–water partition coefficient (Wildman–Crippen LogP) is 6.24. The second-order valence-corrected chi connectivity index (χ2v) is 9.20. The summed E-state index contributed by atoms with van der Waals surface area (Å²) in [5, 5.41) is 4.23. The summed E-state index contributed by atoms with van der Waals surface area (Å²) in [6.45, 7) is 6.58. The molecule has 0 aliphatic carbocycles. The molecule has 0 spiro atoms. The first-order valence-corrected chi connectivity index (χ1v) is 12.4. The maximum Gasteiger partial charge on any atom is 0.174 e. The number of hydrogen-bond acceptors (Lipinski definition) is 3. The zero-order valence-corrected chi connectivity index (χ0v) is 21.3. The highest BCUT2D eigenvalue weighted by atomic mass is 32.1. The van der Waals surface area contributed by atoms with E-state index in [0.717, 1.165) is 23.6 Å². The molecule has 0 amide bonds. The SMILES string of the molecule is CCc1ccccc1-n1c(C)cc([C@H]2[C@H](c3ccccn3)NC(=S)N2c2ccccc2OC)c1C. The minimum atomic E-state index is -0.107. The van der Waals surface area contributed by atoms with Crippen molar-refractivity contribution >= 4 is 23.0 Å². The zero-order chi connectivity index (χ0) is 24.5. The Labute approximate surface area is 212 Å². The molecule has 1 aliphatic rings. The van der Waals surface area contributed by atoms with Gasteiger partial charge in [-0.2, -0.15) is 0 Å². The third kappa shape index (κ3) is 3.98. The fourth-order valence-electron chi connectivity index (χ4n) is 5.24. The van der Waals surface area contributed by atoms with E-state index in [-0.39, 0.29) is 12.1 Å². The van der Waals surface area contributed by atoms with Crippen LogP contribution in [0.1, 0.15) is 47.2 Å². The van der Waals surface area contributed by atoms with Gasteiger partial charge in [-0.05, 0) is 80.0 Å². The van der Waals surface area contributed by atoms with Crippen molar-refractivity contribution in [3.63, 3.8) is 0 Å². The molecule has 0 unspecified atom stereocenters. The molecule has 2 aromatic heterocycles. The van der Waals surface area contributed by atoms with Crippen LogP contribution in [0, 0.1) is 13.8 Å². The monoisotopic (exact) mass is 482 g/mol. The lowest BCUT2D eigenvalue weighted by molar-refractivity contribution is 0.414. The van der Waals surface area contributed by atoms with Crippen molar-refractivity contribution in [3.05, 3.63) is 107 Å². The molecule has 2 aromatic carbocycles. The van der Waals surface area contributed by atoms with Gasteiger partial charge in [0.1, 0.15) is 5.75 Å². The molecule has 4 aromatic rings. The molecule has 1 fully saturated rings. The van der Waals surface area contributed by atoms with E-state index in [1.165, 1.54) is 28.2 Å². The lowest BCUT2D eigenvalue weighted by Gasteiger charge is -2.29. The van der Waals surface area contributed by atoms with Gasteiger partial charge in [0, 0.05) is 23.3 Å². The molecule has 0 radical (unpaired) electrons. The van der Waals surface area contributed by atoms with Crippen LogP contribution in [-0.2, 0) is 6.42 Å². The third-order valence-electron chi connectivity index (χ3n) is 6.85. The number of thiocarbonyl (C=S) groups is 1. The van der Waals surface area contributed by atoms with Gasteiger partial charge >= 0.3 is 0 Å². The van der Waals surface area contributed by atoms with Gasteiger partial charge in [-0.1, -0.05) is 43.3 Å². The Morgan fingerprint density at radius 1 is 0.971 bits per heavy atom. The highest BCUT2D eigenvalue weighted by Crippen LogP contribution is 2.46. The number of pyridine rings is 1. The topological polar surface area (TPSA) is 42.3 Å². The number of benzene rings is 2. The molecule has 178 valence electrons. The normalized spacial score (nSPS) is 17.5. The number of rotatable bonds is 6. The van der Waals surface area contributed by atoms with Gasteiger partial charge in [-0.15, -0.1) is 0 Å². The Morgan fingerprint density at radius 2 is 1.69 bits per heavy atom. The van der Waals surface area contributed by atoms with Crippen LogP contribution in [0.2, 0.25) is 0 Å². The molecule has 6 heteroatoms. The lowest BCUT2D eigenvalue weighted by atomic mass is 9.96. The van der Waals surface area contributed by atoms with Gasteiger partial charge in [-0.3, -0.25) is 4.98 Å². The minimum absolute atomic E-state index is 0.0950. The Morgan fingerprint density at radius 3 is 2.40 bits per heavy atom. The fraction of sp³-hybridized carbons (Fsp3) is 0.241. The quantitative estimate of drug-likeness (QED) is 0.330. The highest BCUT2D eigenvalue weighted by molar-refractivity contribution is 7.80. The Hall–Kier alpha value is -3.64. The van der Waals surface area contributed by atoms with Gasteiger partial charge in [0.25, 0.3) is 0 Å². The number of hydrogen-bond donors (Lipinski definition) is 1. The van der Waals surface area contributed by atoms with E-state index >= 15 is 0 Å². The van der Waals surface area contributed by atoms with Gasteiger partial charge in [0.15, 0.2) is 5.11 Å². The summed E-state index contributed by atoms with van der Waals surface area (Å²) in [4.78, 5) is 6.89. The van der Waals surface area contributed by atoms with E-state index in [4.69, 9.17) is 21.9 Å². The molecular weight excluding hydrogens is 452 g/mol. The van der Waals surface area contributed by atoms with Crippen molar-refractivity contribution in [2.45, 2.75) is 39.3 Å². The largest absolute Gasteiger partial charge is 0.495 e. The van der Waals surface area contributed by atoms with Crippen molar-refractivity contribution in [2.75, 3.05) is 12.0 Å². The molecule has 0 bridgehead atoms. The van der Waals surface area contributed by atoms with Crippen molar-refractivity contribution < 1.29 is 4.74 Å². The van der Waals surface area contributed by atoms with Crippen molar-refractivity contribution in [1.29, 1.82) is 0 Å². The molecule has 3 heterocycles. The fourth-order valence-corrected chi connectivity index (χ4v) is 5.58. The van der Waals surface area contributed by atoms with Gasteiger partial charge in [-0.25, -0.2) is 0 Å². The first-order chi connectivity index (χ1) is 17.0. The summed E-state index contributed by atoms with van der Waals surface area (Å²) in [7, 11) is 1.70. The van der Waals surface area contributed by atoms with Crippen LogP contribution in [0.4, 0.5) is 5.69 Å². The number of anilines is 1. The average molecular weight is 483 g/mol. The third-order valence-corrected chi connectivity index (χ3v) is 7.16. The smallest absolute Gasteiger partial charge is 0.174 e. The Bertz CT molecular complexity index is 1360. The van der Waals surface area contributed by atoms with Crippen LogP contribution < -0.4 is 15.0 Å². The maximum atomic E-state index is 5.92. The van der Waals surface area contributed by atoms with Gasteiger partial charge < -0.3 is 19.5 Å². The molecule has 35 heavy (non-hydrogen) atoms. The molecule has 5 nitrogen and oxygen atoms in total. The second-order valence-electron chi connectivity index (χ2n) is 8.81. The van der Waals surface area contributed by atoms with Crippen LogP contribution in [0.5, 0.6) is 5.75 Å². The van der Waals surface area contributed by atoms with Crippen molar-refractivity contribution in [2.24, 2.45) is 0 Å². The van der Waals surface area contributed by atoms with E-state index in [0.29, 0.717) is 5.11 Å². The molecule has 5 rings (SSSR count). The standard InChI is InChI=1S/C29H30N4OS/c1-5-21-12-6-7-14-24(21)32-19(2)18-22(20(32)3)28-27(23-13-10-11-17-30-23)31-29(35)33(28)25-15-8-9-16-26(25)34-4/h6-18,27-28H,5H2,1-4H3,(H,31,35)/t27-,28-/m0/s1. The van der Waals surface area contributed by atoms with Crippen LogP contribution in [0.25, 0.3) is 5.69 Å². The molecule has 1 saturated heterocycles. The van der Waals surface area contributed by atoms with Gasteiger partial charge in [0.2, 0.25) is 0 Å². The average Bonchev–Trinajstić information content (AvgIpc) is 3.39. The summed E-state index contributed by atoms with van der Waals surface area (Å²) in [5.74, 6) is 0.786. The number of methoxy groups -OCH3 is 1. The number of ether oxygens (including phenoxy) is 1. The summed E-state index contributed by atoms with van der Waals surface area (Å²) in [6.07, 6.45) is 2.81. The van der Waals surface area contributed by atoms with E-state index in [2.05, 4.69) is 78.0 Å². The Kier molecular flexibility index (Phi) is 6.31. The van der Waals surface area contributed by atoms with Gasteiger partial charge in [0.05, 0.1) is 30.6 Å². The lowest BCUT2D eigenvalue weighted by Crippen LogP contribution is -2.30. The summed E-state index contributed by atoms with van der Waals surface area (Å²) >= 11 is 5.92. The number of nitrogens with one attached hydrogen (secondary N) is 1. The molecule has 2 atom stereocenters. The van der Waals surface area contributed by atoms with Crippen LogP contribution in [0.3, 0.4) is 0 Å². The summed E-state index contributed by atoms with van der Waals surface area (Å²) in [6, 6.07) is 24.8. The minimum Gasteiger partial charge on any atom is -0.495 e. The zero-order valence-electron chi connectivity index (χ0n) is 20.5. The highest BCUT2D eigenvalue weighted by Gasteiger charge is 2.43. The Balaban J connectivity index is 1.72. The molecule has 1 aliphatic heterocycles. The number of aromatic nitrogens is 2. The maximum absolute atomic E-state index is 5.92. The van der Waals surface area contributed by atoms with Crippen molar-refractivity contribution in [3.8, 4) is 11.4 Å². The predicted molar refractivity (Wildman–Crippen MR) is 146 cm³/mol.